The SMILES string of the molecule is COC(=O)C(Cc1ccc(O)cc1)N(N)/C=C(\N)CNSc1ccc(-c2ccccn2)s1. The molecule has 2 heterocycles. The number of hydrazine groups is 1. The lowest BCUT2D eigenvalue weighted by Crippen LogP contribution is -2.45. The molecule has 10 heteroatoms. The number of pyridine rings is 1. The third kappa shape index (κ3) is 6.72. The monoisotopic (exact) mass is 471 g/mol. The standard InChI is InChI=1S/C22H25N5O3S2/c1-30-22(29)19(12-15-5-7-17(28)8-6-15)27(24)14-16(23)13-26-32-21-10-9-20(31-21)18-4-2-3-11-25-18/h2-11,14,19,26,28H,12-13,23-24H2,1H3/b16-14-. The molecule has 6 N–H and O–H groups in total. The maximum atomic E-state index is 12.2. The number of phenols is 1. The van der Waals surface area contributed by atoms with Gasteiger partial charge in [-0.2, -0.15) is 0 Å². The Bertz CT molecular complexity index is 1040. The zero-order valence-corrected chi connectivity index (χ0v) is 19.1. The first-order valence-electron chi connectivity index (χ1n) is 9.72. The summed E-state index contributed by atoms with van der Waals surface area (Å²) < 4.78 is 9.15. The second-order valence-electron chi connectivity index (χ2n) is 6.82. The van der Waals surface area contributed by atoms with E-state index in [1.165, 1.54) is 30.3 Å². The Kier molecular flexibility index (Phi) is 8.51. The number of aromatic hydroxyl groups is 1. The van der Waals surface area contributed by atoms with E-state index in [9.17, 15) is 9.90 Å². The van der Waals surface area contributed by atoms with Crippen molar-refractivity contribution in [3.63, 3.8) is 0 Å². The van der Waals surface area contributed by atoms with E-state index in [0.29, 0.717) is 18.7 Å². The van der Waals surface area contributed by atoms with Crippen molar-refractivity contribution >= 4 is 29.3 Å². The van der Waals surface area contributed by atoms with Gasteiger partial charge in [0.2, 0.25) is 0 Å². The van der Waals surface area contributed by atoms with Crippen LogP contribution in [0.2, 0.25) is 0 Å². The molecule has 1 aromatic carbocycles. The van der Waals surface area contributed by atoms with E-state index in [0.717, 1.165) is 20.3 Å². The average Bonchev–Trinajstić information content (AvgIpc) is 3.27. The van der Waals surface area contributed by atoms with Crippen molar-refractivity contribution in [2.24, 2.45) is 11.6 Å². The van der Waals surface area contributed by atoms with Crippen molar-refractivity contribution in [1.29, 1.82) is 0 Å². The number of esters is 1. The number of thiophene rings is 1. The summed E-state index contributed by atoms with van der Waals surface area (Å²) in [5.74, 6) is 5.78. The smallest absolute Gasteiger partial charge is 0.330 e. The predicted molar refractivity (Wildman–Crippen MR) is 127 cm³/mol. The van der Waals surface area contributed by atoms with E-state index in [1.807, 2.05) is 30.3 Å². The largest absolute Gasteiger partial charge is 0.508 e. The third-order valence-corrected chi connectivity index (χ3v) is 6.49. The third-order valence-electron chi connectivity index (χ3n) is 4.46. The summed E-state index contributed by atoms with van der Waals surface area (Å²) in [4.78, 5) is 17.7. The number of rotatable bonds is 10. The first-order chi connectivity index (χ1) is 15.5. The van der Waals surface area contributed by atoms with Crippen LogP contribution < -0.4 is 16.3 Å². The summed E-state index contributed by atoms with van der Waals surface area (Å²) >= 11 is 3.09. The molecule has 8 nitrogen and oxygen atoms in total. The van der Waals surface area contributed by atoms with Crippen LogP contribution in [-0.2, 0) is 16.0 Å². The molecule has 1 atom stereocenters. The fourth-order valence-electron chi connectivity index (χ4n) is 2.84. The van der Waals surface area contributed by atoms with Crippen molar-refractivity contribution < 1.29 is 14.6 Å². The van der Waals surface area contributed by atoms with E-state index in [4.69, 9.17) is 16.3 Å². The summed E-state index contributed by atoms with van der Waals surface area (Å²) in [5, 5.41) is 10.7. The fourth-order valence-corrected chi connectivity index (χ4v) is 4.68. The zero-order chi connectivity index (χ0) is 22.9. The highest BCUT2D eigenvalue weighted by Crippen LogP contribution is 2.31. The number of hydrogen-bond acceptors (Lipinski definition) is 10. The summed E-state index contributed by atoms with van der Waals surface area (Å²) in [6.07, 6.45) is 3.59. The number of phenolic OH excluding ortho intramolecular Hbond substituents is 1. The number of nitrogens with two attached hydrogens (primary N) is 2. The molecular weight excluding hydrogens is 446 g/mol. The Morgan fingerprint density at radius 3 is 2.75 bits per heavy atom. The van der Waals surface area contributed by atoms with E-state index in [1.54, 1.807) is 41.8 Å². The van der Waals surface area contributed by atoms with Gasteiger partial charge >= 0.3 is 5.97 Å². The van der Waals surface area contributed by atoms with E-state index >= 15 is 0 Å². The average molecular weight is 472 g/mol. The van der Waals surface area contributed by atoms with Gasteiger partial charge < -0.3 is 20.6 Å². The van der Waals surface area contributed by atoms with Gasteiger partial charge in [0.25, 0.3) is 0 Å². The van der Waals surface area contributed by atoms with Gasteiger partial charge in [0.05, 0.1) is 21.9 Å². The summed E-state index contributed by atoms with van der Waals surface area (Å²) in [6, 6.07) is 15.7. The van der Waals surface area contributed by atoms with Gasteiger partial charge in [0, 0.05) is 31.1 Å². The number of aromatic nitrogens is 1. The Morgan fingerprint density at radius 2 is 2.06 bits per heavy atom. The van der Waals surface area contributed by atoms with Gasteiger partial charge in [0.15, 0.2) is 0 Å². The molecule has 1 unspecified atom stereocenters. The lowest BCUT2D eigenvalue weighted by atomic mass is 10.1. The quantitative estimate of drug-likeness (QED) is 0.153. The van der Waals surface area contributed by atoms with Crippen LogP contribution in [0.25, 0.3) is 10.6 Å². The Hall–Kier alpha value is -3.05. The summed E-state index contributed by atoms with van der Waals surface area (Å²) in [5.41, 5.74) is 8.32. The van der Waals surface area contributed by atoms with Crippen molar-refractivity contribution in [2.75, 3.05) is 13.7 Å². The molecule has 0 saturated carbocycles. The van der Waals surface area contributed by atoms with Gasteiger partial charge in [-0.3, -0.25) is 9.71 Å². The van der Waals surface area contributed by atoms with Crippen LogP contribution in [0, 0.1) is 0 Å². The number of hydrogen-bond donors (Lipinski definition) is 4. The number of methoxy groups -OCH3 is 1. The molecular formula is C22H25N5O3S2. The molecule has 0 radical (unpaired) electrons. The maximum Gasteiger partial charge on any atom is 0.330 e. The molecule has 0 aliphatic carbocycles. The number of nitrogens with one attached hydrogen (secondary N) is 1. The lowest BCUT2D eigenvalue weighted by molar-refractivity contribution is -0.146. The predicted octanol–water partition coefficient (Wildman–Crippen LogP) is 2.87. The molecule has 0 aliphatic heterocycles. The molecule has 0 amide bonds. The molecule has 3 aromatic rings. The minimum Gasteiger partial charge on any atom is -0.508 e. The van der Waals surface area contributed by atoms with Crippen LogP contribution in [0.4, 0.5) is 0 Å². The number of carbonyl (C=O) groups is 1. The van der Waals surface area contributed by atoms with E-state index < -0.39 is 12.0 Å². The van der Waals surface area contributed by atoms with Crippen LogP contribution in [0.5, 0.6) is 5.75 Å². The molecule has 3 rings (SSSR count). The van der Waals surface area contributed by atoms with Crippen molar-refractivity contribution in [3.05, 3.63) is 78.3 Å². The molecule has 0 aliphatic rings. The molecule has 168 valence electrons. The minimum atomic E-state index is -0.756. The lowest BCUT2D eigenvalue weighted by Gasteiger charge is -2.24. The highest BCUT2D eigenvalue weighted by molar-refractivity contribution is 7.99. The maximum absolute atomic E-state index is 12.2. The number of benzene rings is 1. The summed E-state index contributed by atoms with van der Waals surface area (Å²) in [7, 11) is 1.31. The van der Waals surface area contributed by atoms with E-state index in [-0.39, 0.29) is 5.75 Å². The van der Waals surface area contributed by atoms with Crippen molar-refractivity contribution in [1.82, 2.24) is 14.7 Å². The Balaban J connectivity index is 1.55. The first-order valence-corrected chi connectivity index (χ1v) is 11.4. The van der Waals surface area contributed by atoms with Crippen molar-refractivity contribution in [2.45, 2.75) is 16.7 Å². The highest BCUT2D eigenvalue weighted by atomic mass is 32.2. The number of carbonyl (C=O) groups excluding carboxylic acids is 1. The van der Waals surface area contributed by atoms with Gasteiger partial charge in [-0.1, -0.05) is 18.2 Å². The topological polar surface area (TPSA) is 127 Å². The molecule has 0 spiro atoms. The molecule has 0 bridgehead atoms. The first kappa shape index (κ1) is 23.6. The number of ether oxygens (including phenoxy) is 1. The van der Waals surface area contributed by atoms with Crippen LogP contribution in [0.15, 0.2) is 76.9 Å². The van der Waals surface area contributed by atoms with Crippen LogP contribution >= 0.6 is 23.3 Å². The van der Waals surface area contributed by atoms with Crippen LogP contribution in [-0.4, -0.2) is 40.8 Å². The second-order valence-corrected chi connectivity index (χ2v) is 9.09. The highest BCUT2D eigenvalue weighted by Gasteiger charge is 2.24. The number of nitrogens with zero attached hydrogens (tertiary/aromatic N) is 2. The van der Waals surface area contributed by atoms with E-state index in [2.05, 4.69) is 9.71 Å². The van der Waals surface area contributed by atoms with Crippen LogP contribution in [0.1, 0.15) is 5.56 Å². The minimum absolute atomic E-state index is 0.151. The molecule has 0 saturated heterocycles. The van der Waals surface area contributed by atoms with Crippen molar-refractivity contribution in [3.8, 4) is 16.3 Å². The second kappa shape index (κ2) is 11.5. The molecule has 2 aromatic heterocycles. The molecule has 0 fully saturated rings. The van der Waals surface area contributed by atoms with Gasteiger partial charge in [0.1, 0.15) is 11.8 Å². The Morgan fingerprint density at radius 1 is 1.28 bits per heavy atom. The fraction of sp³-hybridized carbons (Fsp3) is 0.182. The van der Waals surface area contributed by atoms with Gasteiger partial charge in [-0.25, -0.2) is 10.6 Å². The zero-order valence-electron chi connectivity index (χ0n) is 17.5. The van der Waals surface area contributed by atoms with Gasteiger partial charge in [-0.05, 0) is 53.9 Å². The van der Waals surface area contributed by atoms with Gasteiger partial charge in [-0.15, -0.1) is 11.3 Å². The van der Waals surface area contributed by atoms with Crippen LogP contribution in [0.3, 0.4) is 0 Å². The normalized spacial score (nSPS) is 12.4. The Labute approximate surface area is 195 Å². The summed E-state index contributed by atoms with van der Waals surface area (Å²) in [6.45, 7) is 0.363. The molecule has 32 heavy (non-hydrogen) atoms.